The van der Waals surface area contributed by atoms with Gasteiger partial charge in [-0.25, -0.2) is 4.98 Å². The van der Waals surface area contributed by atoms with Crippen LogP contribution in [0.25, 0.3) is 0 Å². The monoisotopic (exact) mass is 247 g/mol. The predicted molar refractivity (Wildman–Crippen MR) is 65.4 cm³/mol. The number of carbonyl (C=O) groups excluding carboxylic acids is 1. The van der Waals surface area contributed by atoms with E-state index in [1.165, 1.54) is 18.2 Å². The second-order valence-electron chi connectivity index (χ2n) is 4.12. The highest BCUT2D eigenvalue weighted by Gasteiger charge is 2.22. The topological polar surface area (TPSA) is 36.4 Å². The molecule has 5 heteroatoms. The summed E-state index contributed by atoms with van der Waals surface area (Å²) in [6.45, 7) is 3.27. The average Bonchev–Trinajstić information content (AvgIpc) is 2.39. The van der Waals surface area contributed by atoms with Crippen molar-refractivity contribution in [3.63, 3.8) is 0 Å². The first-order chi connectivity index (χ1) is 8.70. The van der Waals surface area contributed by atoms with Crippen LogP contribution in [-0.4, -0.2) is 53.4 Å². The molecule has 0 unspecified atom stereocenters. The molecule has 0 aromatic carbocycles. The molecule has 1 aliphatic rings. The number of amides is 1. The van der Waals surface area contributed by atoms with Crippen molar-refractivity contribution in [2.24, 2.45) is 0 Å². The zero-order valence-corrected chi connectivity index (χ0v) is 9.97. The Hall–Kier alpha value is -1.93. The summed E-state index contributed by atoms with van der Waals surface area (Å²) in [5.74, 6) is 1.72. The molecule has 2 rings (SSSR count). The highest BCUT2D eigenvalue weighted by molar-refractivity contribution is 5.92. The van der Waals surface area contributed by atoms with Gasteiger partial charge in [0.15, 0.2) is 0 Å². The van der Waals surface area contributed by atoms with Gasteiger partial charge in [-0.2, -0.15) is 4.39 Å². The molecule has 1 aliphatic heterocycles. The van der Waals surface area contributed by atoms with Crippen LogP contribution in [0.1, 0.15) is 10.5 Å². The van der Waals surface area contributed by atoms with E-state index in [2.05, 4.69) is 15.8 Å². The molecule has 0 bridgehead atoms. The fraction of sp³-hybridized carbons (Fsp3) is 0.385. The molecule has 0 N–H and O–H groups in total. The van der Waals surface area contributed by atoms with Crippen LogP contribution >= 0.6 is 0 Å². The normalized spacial score (nSPS) is 16.3. The number of piperazine rings is 1. The van der Waals surface area contributed by atoms with E-state index in [9.17, 15) is 9.18 Å². The Morgan fingerprint density at radius 1 is 1.39 bits per heavy atom. The van der Waals surface area contributed by atoms with E-state index in [0.29, 0.717) is 19.6 Å². The number of nitrogens with zero attached hydrogens (tertiary/aromatic N) is 3. The van der Waals surface area contributed by atoms with Crippen LogP contribution in [0.15, 0.2) is 18.2 Å². The third-order valence-electron chi connectivity index (χ3n) is 2.91. The molecule has 94 valence electrons. The van der Waals surface area contributed by atoms with E-state index in [-0.39, 0.29) is 11.6 Å². The number of aromatic nitrogens is 1. The van der Waals surface area contributed by atoms with Gasteiger partial charge in [0.1, 0.15) is 5.69 Å². The molecule has 0 radical (unpaired) electrons. The molecule has 0 saturated carbocycles. The summed E-state index contributed by atoms with van der Waals surface area (Å²) < 4.78 is 12.9. The first-order valence-corrected chi connectivity index (χ1v) is 5.78. The summed E-state index contributed by atoms with van der Waals surface area (Å²) in [5, 5.41) is 0. The number of hydrogen-bond donors (Lipinski definition) is 0. The second kappa shape index (κ2) is 5.61. The van der Waals surface area contributed by atoms with Gasteiger partial charge in [0.05, 0.1) is 6.54 Å². The molecule has 2 heterocycles. The molecule has 0 spiro atoms. The van der Waals surface area contributed by atoms with Crippen LogP contribution in [-0.2, 0) is 0 Å². The third-order valence-corrected chi connectivity index (χ3v) is 2.91. The Morgan fingerprint density at radius 2 is 2.11 bits per heavy atom. The lowest BCUT2D eigenvalue weighted by molar-refractivity contribution is 0.0645. The van der Waals surface area contributed by atoms with Gasteiger partial charge in [0.25, 0.3) is 5.91 Å². The molecule has 18 heavy (non-hydrogen) atoms. The van der Waals surface area contributed by atoms with Gasteiger partial charge in [0, 0.05) is 26.2 Å². The summed E-state index contributed by atoms with van der Waals surface area (Å²) in [5.41, 5.74) is 0.153. The van der Waals surface area contributed by atoms with Crippen LogP contribution < -0.4 is 0 Å². The predicted octanol–water partition coefficient (Wildman–Crippen LogP) is 0.612. The van der Waals surface area contributed by atoms with Gasteiger partial charge >= 0.3 is 0 Å². The van der Waals surface area contributed by atoms with Crippen molar-refractivity contribution in [3.8, 4) is 12.3 Å². The van der Waals surface area contributed by atoms with E-state index in [1.54, 1.807) is 4.90 Å². The van der Waals surface area contributed by atoms with Crippen molar-refractivity contribution in [1.29, 1.82) is 0 Å². The first-order valence-electron chi connectivity index (χ1n) is 5.78. The summed E-state index contributed by atoms with van der Waals surface area (Å²) in [7, 11) is 0. The maximum absolute atomic E-state index is 12.9. The summed E-state index contributed by atoms with van der Waals surface area (Å²) in [4.78, 5) is 19.4. The first kappa shape index (κ1) is 12.5. The molecule has 1 aromatic heterocycles. The minimum absolute atomic E-state index is 0.153. The third kappa shape index (κ3) is 2.84. The van der Waals surface area contributed by atoms with Crippen LogP contribution in [0.2, 0.25) is 0 Å². The minimum atomic E-state index is -0.633. The Balaban J connectivity index is 1.98. The Morgan fingerprint density at radius 3 is 2.72 bits per heavy atom. The number of hydrogen-bond acceptors (Lipinski definition) is 3. The molecule has 1 amide bonds. The Bertz CT molecular complexity index is 475. The lowest BCUT2D eigenvalue weighted by atomic mass is 10.2. The summed E-state index contributed by atoms with van der Waals surface area (Å²) in [6, 6.07) is 4.24. The van der Waals surface area contributed by atoms with E-state index in [1.807, 2.05) is 0 Å². The largest absolute Gasteiger partial charge is 0.335 e. The highest BCUT2D eigenvalue weighted by atomic mass is 19.1. The number of rotatable bonds is 2. The molecular formula is C13H14FN3O. The van der Waals surface area contributed by atoms with E-state index in [0.717, 1.165) is 13.1 Å². The van der Waals surface area contributed by atoms with Crippen molar-refractivity contribution in [2.75, 3.05) is 32.7 Å². The zero-order chi connectivity index (χ0) is 13.0. The number of pyridine rings is 1. The van der Waals surface area contributed by atoms with Gasteiger partial charge < -0.3 is 4.90 Å². The maximum atomic E-state index is 12.9. The van der Waals surface area contributed by atoms with Crippen LogP contribution in [0.4, 0.5) is 4.39 Å². The molecule has 1 fully saturated rings. The Labute approximate surface area is 105 Å². The van der Waals surface area contributed by atoms with Gasteiger partial charge in [-0.05, 0) is 12.1 Å². The SMILES string of the molecule is C#CCN1CCN(C(=O)c2cccc(F)n2)CC1. The highest BCUT2D eigenvalue weighted by Crippen LogP contribution is 2.07. The molecule has 4 nitrogen and oxygen atoms in total. The van der Waals surface area contributed by atoms with Gasteiger partial charge in [0.2, 0.25) is 5.95 Å². The Kier molecular flexibility index (Phi) is 3.90. The summed E-state index contributed by atoms with van der Waals surface area (Å²) >= 11 is 0. The van der Waals surface area contributed by atoms with Gasteiger partial charge in [-0.15, -0.1) is 6.42 Å². The standard InChI is InChI=1S/C13H14FN3O/c1-2-6-16-7-9-17(10-8-16)13(18)11-4-3-5-12(14)15-11/h1,3-5H,6-10H2. The van der Waals surface area contributed by atoms with Crippen molar-refractivity contribution in [2.45, 2.75) is 0 Å². The fourth-order valence-electron chi connectivity index (χ4n) is 1.93. The number of terminal acetylenes is 1. The van der Waals surface area contributed by atoms with E-state index >= 15 is 0 Å². The minimum Gasteiger partial charge on any atom is -0.335 e. The van der Waals surface area contributed by atoms with Crippen molar-refractivity contribution in [3.05, 3.63) is 29.8 Å². The van der Waals surface area contributed by atoms with Crippen LogP contribution in [0.5, 0.6) is 0 Å². The molecule has 1 saturated heterocycles. The number of carbonyl (C=O) groups is 1. The lowest BCUT2D eigenvalue weighted by Crippen LogP contribution is -2.48. The maximum Gasteiger partial charge on any atom is 0.272 e. The van der Waals surface area contributed by atoms with E-state index in [4.69, 9.17) is 6.42 Å². The smallest absolute Gasteiger partial charge is 0.272 e. The van der Waals surface area contributed by atoms with Crippen molar-refractivity contribution < 1.29 is 9.18 Å². The van der Waals surface area contributed by atoms with Crippen LogP contribution in [0.3, 0.4) is 0 Å². The lowest BCUT2D eigenvalue weighted by Gasteiger charge is -2.33. The average molecular weight is 247 g/mol. The van der Waals surface area contributed by atoms with Gasteiger partial charge in [-0.3, -0.25) is 9.69 Å². The quantitative estimate of drug-likeness (QED) is 0.567. The zero-order valence-electron chi connectivity index (χ0n) is 9.97. The molecule has 0 aliphatic carbocycles. The van der Waals surface area contributed by atoms with Gasteiger partial charge in [-0.1, -0.05) is 12.0 Å². The van der Waals surface area contributed by atoms with Crippen molar-refractivity contribution >= 4 is 5.91 Å². The second-order valence-corrected chi connectivity index (χ2v) is 4.12. The molecule has 0 atom stereocenters. The fourth-order valence-corrected chi connectivity index (χ4v) is 1.93. The summed E-state index contributed by atoms with van der Waals surface area (Å²) in [6.07, 6.45) is 5.24. The number of halogens is 1. The van der Waals surface area contributed by atoms with Crippen LogP contribution in [0, 0.1) is 18.3 Å². The van der Waals surface area contributed by atoms with Crippen molar-refractivity contribution in [1.82, 2.24) is 14.8 Å². The van der Waals surface area contributed by atoms with E-state index < -0.39 is 5.95 Å². The molecule has 1 aromatic rings. The molecular weight excluding hydrogens is 233 g/mol.